The molecule has 3 nitrogen and oxygen atoms in total. The zero-order valence-electron chi connectivity index (χ0n) is 12.8. The Morgan fingerprint density at radius 1 is 0.957 bits per heavy atom. The number of carbonyl (C=O) groups excluding carboxylic acids is 1. The van der Waals surface area contributed by atoms with Gasteiger partial charge in [-0.3, -0.25) is 0 Å². The number of benzene rings is 2. The van der Waals surface area contributed by atoms with Gasteiger partial charge in [0.1, 0.15) is 0 Å². The minimum absolute atomic E-state index is 0.153. The predicted octanol–water partition coefficient (Wildman–Crippen LogP) is 4.97. The lowest BCUT2D eigenvalue weighted by atomic mass is 10.0. The van der Waals surface area contributed by atoms with Crippen molar-refractivity contribution in [2.75, 3.05) is 5.32 Å². The van der Waals surface area contributed by atoms with E-state index >= 15 is 0 Å². The van der Waals surface area contributed by atoms with Gasteiger partial charge in [-0.2, -0.15) is 0 Å². The molecule has 23 heavy (non-hydrogen) atoms. The number of urea groups is 1. The Labute approximate surface area is 140 Å². The molecule has 116 valence electrons. The number of aryl methyl sites for hydroxylation is 1. The highest BCUT2D eigenvalue weighted by Crippen LogP contribution is 2.26. The molecule has 0 radical (unpaired) electrons. The summed E-state index contributed by atoms with van der Waals surface area (Å²) in [7, 11) is 0. The average molecular weight is 322 g/mol. The molecular formula is C19H18N2OS. The van der Waals surface area contributed by atoms with Crippen molar-refractivity contribution in [1.29, 1.82) is 0 Å². The van der Waals surface area contributed by atoms with Gasteiger partial charge in [0.15, 0.2) is 0 Å². The Bertz CT molecular complexity index is 752. The summed E-state index contributed by atoms with van der Waals surface area (Å²) in [6, 6.07) is 21.4. The summed E-state index contributed by atoms with van der Waals surface area (Å²) in [6.45, 7) is 2.06. The molecule has 4 heteroatoms. The first-order valence-corrected chi connectivity index (χ1v) is 8.33. The van der Waals surface area contributed by atoms with Crippen LogP contribution in [0.15, 0.2) is 72.1 Å². The Balaban J connectivity index is 1.79. The molecule has 0 aliphatic carbocycles. The van der Waals surface area contributed by atoms with E-state index in [1.54, 1.807) is 11.3 Å². The SMILES string of the molecule is Cc1ccc([C@@H](NC(=O)Nc2ccccc2)c2cccs2)cc1. The summed E-state index contributed by atoms with van der Waals surface area (Å²) < 4.78 is 0. The zero-order valence-corrected chi connectivity index (χ0v) is 13.6. The van der Waals surface area contributed by atoms with E-state index in [9.17, 15) is 4.79 Å². The highest BCUT2D eigenvalue weighted by molar-refractivity contribution is 7.10. The lowest BCUT2D eigenvalue weighted by molar-refractivity contribution is 0.250. The lowest BCUT2D eigenvalue weighted by Crippen LogP contribution is -2.32. The van der Waals surface area contributed by atoms with Crippen LogP contribution in [0.2, 0.25) is 0 Å². The first-order chi connectivity index (χ1) is 11.2. The van der Waals surface area contributed by atoms with E-state index in [2.05, 4.69) is 41.8 Å². The molecule has 2 N–H and O–H groups in total. The van der Waals surface area contributed by atoms with Crippen LogP contribution in [0.5, 0.6) is 0 Å². The summed E-state index contributed by atoms with van der Waals surface area (Å²) in [5, 5.41) is 7.96. The fourth-order valence-electron chi connectivity index (χ4n) is 2.35. The molecule has 3 aromatic rings. The molecule has 0 spiro atoms. The van der Waals surface area contributed by atoms with Crippen LogP contribution in [0.3, 0.4) is 0 Å². The quantitative estimate of drug-likeness (QED) is 0.700. The molecule has 1 aromatic heterocycles. The van der Waals surface area contributed by atoms with Gasteiger partial charge in [0.2, 0.25) is 0 Å². The monoisotopic (exact) mass is 322 g/mol. The normalized spacial score (nSPS) is 11.7. The maximum Gasteiger partial charge on any atom is 0.320 e. The molecule has 0 unspecified atom stereocenters. The van der Waals surface area contributed by atoms with Crippen molar-refractivity contribution in [2.45, 2.75) is 13.0 Å². The van der Waals surface area contributed by atoms with Crippen LogP contribution in [0.4, 0.5) is 10.5 Å². The zero-order chi connectivity index (χ0) is 16.1. The number of rotatable bonds is 4. The van der Waals surface area contributed by atoms with Gasteiger partial charge < -0.3 is 10.6 Å². The topological polar surface area (TPSA) is 41.1 Å². The average Bonchev–Trinajstić information content (AvgIpc) is 3.09. The Morgan fingerprint density at radius 3 is 2.35 bits per heavy atom. The highest BCUT2D eigenvalue weighted by Gasteiger charge is 2.17. The van der Waals surface area contributed by atoms with Crippen LogP contribution in [-0.2, 0) is 0 Å². The van der Waals surface area contributed by atoms with Crippen molar-refractivity contribution in [1.82, 2.24) is 5.32 Å². The number of amides is 2. The van der Waals surface area contributed by atoms with Gasteiger partial charge in [-0.1, -0.05) is 54.1 Å². The predicted molar refractivity (Wildman–Crippen MR) is 95.9 cm³/mol. The number of carbonyl (C=O) groups is 1. The Kier molecular flexibility index (Phi) is 4.74. The van der Waals surface area contributed by atoms with E-state index in [4.69, 9.17) is 0 Å². The number of anilines is 1. The fraction of sp³-hybridized carbons (Fsp3) is 0.105. The Hall–Kier alpha value is -2.59. The minimum atomic E-state index is -0.213. The van der Waals surface area contributed by atoms with Crippen molar-refractivity contribution in [3.05, 3.63) is 88.1 Å². The van der Waals surface area contributed by atoms with Gasteiger partial charge in [-0.05, 0) is 36.1 Å². The maximum atomic E-state index is 12.3. The number of thiophene rings is 1. The molecule has 0 saturated carbocycles. The van der Waals surface area contributed by atoms with Crippen LogP contribution < -0.4 is 10.6 Å². The molecule has 0 bridgehead atoms. The molecule has 2 amide bonds. The molecule has 1 atom stereocenters. The third-order valence-electron chi connectivity index (χ3n) is 3.55. The third kappa shape index (κ3) is 3.99. The van der Waals surface area contributed by atoms with Crippen molar-refractivity contribution >= 4 is 23.1 Å². The largest absolute Gasteiger partial charge is 0.326 e. The maximum absolute atomic E-state index is 12.3. The Morgan fingerprint density at radius 2 is 1.70 bits per heavy atom. The van der Waals surface area contributed by atoms with E-state index in [1.807, 2.05) is 47.8 Å². The molecular weight excluding hydrogens is 304 g/mol. The van der Waals surface area contributed by atoms with E-state index < -0.39 is 0 Å². The first kappa shape index (κ1) is 15.3. The standard InChI is InChI=1S/C19H18N2OS/c1-14-9-11-15(12-10-14)18(17-8-5-13-23-17)21-19(22)20-16-6-3-2-4-7-16/h2-13,18H,1H3,(H2,20,21,22)/t18-/m1/s1. The second kappa shape index (κ2) is 7.11. The van der Waals surface area contributed by atoms with Gasteiger partial charge in [0.25, 0.3) is 0 Å². The smallest absolute Gasteiger partial charge is 0.320 e. The van der Waals surface area contributed by atoms with E-state index in [1.165, 1.54) is 5.56 Å². The van der Waals surface area contributed by atoms with E-state index in [0.717, 1.165) is 16.1 Å². The summed E-state index contributed by atoms with van der Waals surface area (Å²) in [6.07, 6.45) is 0. The van der Waals surface area contributed by atoms with Gasteiger partial charge in [0, 0.05) is 10.6 Å². The number of nitrogens with one attached hydrogen (secondary N) is 2. The third-order valence-corrected chi connectivity index (χ3v) is 4.48. The highest BCUT2D eigenvalue weighted by atomic mass is 32.1. The van der Waals surface area contributed by atoms with Crippen molar-refractivity contribution < 1.29 is 4.79 Å². The van der Waals surface area contributed by atoms with Crippen molar-refractivity contribution in [2.24, 2.45) is 0 Å². The number of para-hydroxylation sites is 1. The van der Waals surface area contributed by atoms with E-state index in [0.29, 0.717) is 0 Å². The number of hydrogen-bond donors (Lipinski definition) is 2. The van der Waals surface area contributed by atoms with Gasteiger partial charge in [0.05, 0.1) is 6.04 Å². The van der Waals surface area contributed by atoms with Crippen molar-refractivity contribution in [3.63, 3.8) is 0 Å². The molecule has 1 heterocycles. The summed E-state index contributed by atoms with van der Waals surface area (Å²) >= 11 is 1.64. The van der Waals surface area contributed by atoms with Crippen LogP contribution in [0, 0.1) is 6.92 Å². The molecule has 0 fully saturated rings. The lowest BCUT2D eigenvalue weighted by Gasteiger charge is -2.19. The van der Waals surface area contributed by atoms with Crippen LogP contribution >= 0.6 is 11.3 Å². The summed E-state index contributed by atoms with van der Waals surface area (Å²) in [4.78, 5) is 13.4. The number of hydrogen-bond acceptors (Lipinski definition) is 2. The van der Waals surface area contributed by atoms with Gasteiger partial charge >= 0.3 is 6.03 Å². The summed E-state index contributed by atoms with van der Waals surface area (Å²) in [5.41, 5.74) is 3.05. The molecule has 0 aliphatic rings. The minimum Gasteiger partial charge on any atom is -0.326 e. The van der Waals surface area contributed by atoms with Gasteiger partial charge in [-0.25, -0.2) is 4.79 Å². The first-order valence-electron chi connectivity index (χ1n) is 7.45. The molecule has 3 rings (SSSR count). The van der Waals surface area contributed by atoms with Crippen LogP contribution in [-0.4, -0.2) is 6.03 Å². The van der Waals surface area contributed by atoms with Crippen LogP contribution in [0.25, 0.3) is 0 Å². The molecule has 0 saturated heterocycles. The second-order valence-corrected chi connectivity index (χ2v) is 6.30. The summed E-state index contributed by atoms with van der Waals surface area (Å²) in [5.74, 6) is 0. The van der Waals surface area contributed by atoms with Crippen molar-refractivity contribution in [3.8, 4) is 0 Å². The fourth-order valence-corrected chi connectivity index (χ4v) is 3.16. The van der Waals surface area contributed by atoms with Gasteiger partial charge in [-0.15, -0.1) is 11.3 Å². The second-order valence-electron chi connectivity index (χ2n) is 5.32. The molecule has 2 aromatic carbocycles. The van der Waals surface area contributed by atoms with E-state index in [-0.39, 0.29) is 12.1 Å². The van der Waals surface area contributed by atoms with Crippen LogP contribution in [0.1, 0.15) is 22.0 Å². The molecule has 0 aliphatic heterocycles.